The number of fused-ring (bicyclic) bond motifs is 1. The summed E-state index contributed by atoms with van der Waals surface area (Å²) in [7, 11) is 0. The van der Waals surface area contributed by atoms with Gasteiger partial charge in [0.2, 0.25) is 0 Å². The number of aryl methyl sites for hydroxylation is 1. The van der Waals surface area contributed by atoms with Gasteiger partial charge in [-0.1, -0.05) is 41.4 Å². The summed E-state index contributed by atoms with van der Waals surface area (Å²) in [4.78, 5) is 24.4. The molecule has 1 aromatic heterocycles. The van der Waals surface area contributed by atoms with Crippen LogP contribution in [0.25, 0.3) is 22.0 Å². The molecule has 5 nitrogen and oxygen atoms in total. The van der Waals surface area contributed by atoms with Crippen LogP contribution < -0.4 is 5.32 Å². The van der Waals surface area contributed by atoms with Crippen LogP contribution in [-0.2, 0) is 6.54 Å². The predicted octanol–water partition coefficient (Wildman–Crippen LogP) is 7.29. The Balaban J connectivity index is 1.32. The number of rotatable bonds is 7. The van der Waals surface area contributed by atoms with E-state index < -0.39 is 0 Å². The van der Waals surface area contributed by atoms with E-state index >= 15 is 0 Å². The molecular weight excluding hydrogens is 491 g/mol. The lowest BCUT2D eigenvalue weighted by Crippen LogP contribution is -2.32. The third kappa shape index (κ3) is 4.91. The molecule has 2 aliphatic carbocycles. The number of halogens is 2. The van der Waals surface area contributed by atoms with Crippen LogP contribution in [0.4, 0.5) is 5.82 Å². The van der Waals surface area contributed by atoms with E-state index in [-0.39, 0.29) is 11.9 Å². The summed E-state index contributed by atoms with van der Waals surface area (Å²) in [5.41, 5.74) is 5.96. The summed E-state index contributed by atoms with van der Waals surface area (Å²) in [5, 5.41) is 5.50. The van der Waals surface area contributed by atoms with Crippen LogP contribution in [0, 0.1) is 6.92 Å². The Morgan fingerprint density at radius 3 is 2.50 bits per heavy atom. The SMILES string of the molecule is Cc1cc2ncnc(NC3CC3)c2cc1-c1cccc(CN(C(=O)c2cc(Cl)cc(Cl)c2)C2CC2)c1. The van der Waals surface area contributed by atoms with Gasteiger partial charge in [0.05, 0.1) is 5.52 Å². The van der Waals surface area contributed by atoms with Gasteiger partial charge in [0.1, 0.15) is 12.1 Å². The first kappa shape index (κ1) is 23.3. The first-order chi connectivity index (χ1) is 17.4. The van der Waals surface area contributed by atoms with Gasteiger partial charge in [-0.05, 0) is 91.3 Å². The Morgan fingerprint density at radius 2 is 1.78 bits per heavy atom. The molecule has 1 heterocycles. The highest BCUT2D eigenvalue weighted by atomic mass is 35.5. The Labute approximate surface area is 220 Å². The summed E-state index contributed by atoms with van der Waals surface area (Å²) < 4.78 is 0. The van der Waals surface area contributed by atoms with Gasteiger partial charge >= 0.3 is 0 Å². The summed E-state index contributed by atoms with van der Waals surface area (Å²) in [6.45, 7) is 2.64. The molecule has 0 unspecified atom stereocenters. The summed E-state index contributed by atoms with van der Waals surface area (Å²) in [5.74, 6) is 0.854. The lowest BCUT2D eigenvalue weighted by atomic mass is 9.96. The second-order valence-corrected chi connectivity index (χ2v) is 10.7. The topological polar surface area (TPSA) is 58.1 Å². The molecule has 2 aliphatic rings. The van der Waals surface area contributed by atoms with Crippen LogP contribution >= 0.6 is 23.2 Å². The highest BCUT2D eigenvalue weighted by molar-refractivity contribution is 6.35. The number of hydrogen-bond acceptors (Lipinski definition) is 4. The molecule has 0 bridgehead atoms. The zero-order valence-corrected chi connectivity index (χ0v) is 21.5. The van der Waals surface area contributed by atoms with Crippen LogP contribution in [0.1, 0.15) is 47.2 Å². The second-order valence-electron chi connectivity index (χ2n) is 9.85. The van der Waals surface area contributed by atoms with Crippen molar-refractivity contribution in [3.8, 4) is 11.1 Å². The molecule has 1 amide bonds. The van der Waals surface area contributed by atoms with E-state index in [0.29, 0.717) is 28.2 Å². The van der Waals surface area contributed by atoms with Crippen molar-refractivity contribution >= 4 is 45.8 Å². The second kappa shape index (κ2) is 9.38. The molecule has 7 heteroatoms. The molecule has 0 radical (unpaired) electrons. The van der Waals surface area contributed by atoms with E-state index in [1.54, 1.807) is 24.5 Å². The zero-order chi connectivity index (χ0) is 24.8. The first-order valence-corrected chi connectivity index (χ1v) is 13.1. The first-order valence-electron chi connectivity index (χ1n) is 12.3. The lowest BCUT2D eigenvalue weighted by Gasteiger charge is -2.23. The fraction of sp³-hybridized carbons (Fsp3) is 0.276. The van der Waals surface area contributed by atoms with Crippen molar-refractivity contribution in [2.45, 2.75) is 51.2 Å². The minimum Gasteiger partial charge on any atom is -0.367 e. The number of carbonyl (C=O) groups excluding carboxylic acids is 1. The van der Waals surface area contributed by atoms with E-state index in [1.165, 1.54) is 12.8 Å². The normalized spacial score (nSPS) is 15.2. The van der Waals surface area contributed by atoms with Crippen molar-refractivity contribution in [1.82, 2.24) is 14.9 Å². The Bertz CT molecular complexity index is 1460. The number of anilines is 1. The zero-order valence-electron chi connectivity index (χ0n) is 20.0. The van der Waals surface area contributed by atoms with E-state index in [2.05, 4.69) is 58.6 Å². The van der Waals surface area contributed by atoms with Crippen molar-refractivity contribution in [3.05, 3.63) is 87.7 Å². The predicted molar refractivity (Wildman–Crippen MR) is 146 cm³/mol. The highest BCUT2D eigenvalue weighted by Gasteiger charge is 2.33. The van der Waals surface area contributed by atoms with E-state index in [4.69, 9.17) is 23.2 Å². The molecule has 0 aliphatic heterocycles. The number of nitrogens with one attached hydrogen (secondary N) is 1. The average molecular weight is 517 g/mol. The molecule has 2 fully saturated rings. The third-order valence-electron chi connectivity index (χ3n) is 6.85. The van der Waals surface area contributed by atoms with Crippen LogP contribution in [0.15, 0.2) is 60.9 Å². The smallest absolute Gasteiger partial charge is 0.254 e. The molecule has 0 spiro atoms. The van der Waals surface area contributed by atoms with Gasteiger partial charge in [0.25, 0.3) is 5.91 Å². The lowest BCUT2D eigenvalue weighted by molar-refractivity contribution is 0.0730. The van der Waals surface area contributed by atoms with Crippen molar-refractivity contribution in [2.24, 2.45) is 0 Å². The van der Waals surface area contributed by atoms with Gasteiger partial charge in [-0.15, -0.1) is 0 Å². The largest absolute Gasteiger partial charge is 0.367 e. The molecular formula is C29H26Cl2N4O. The summed E-state index contributed by atoms with van der Waals surface area (Å²) in [6, 6.07) is 18.5. The third-order valence-corrected chi connectivity index (χ3v) is 7.29. The molecule has 182 valence electrons. The molecule has 36 heavy (non-hydrogen) atoms. The number of carbonyl (C=O) groups is 1. The molecule has 2 saturated carbocycles. The maximum absolute atomic E-state index is 13.4. The monoisotopic (exact) mass is 516 g/mol. The minimum atomic E-state index is -0.0397. The van der Waals surface area contributed by atoms with Crippen molar-refractivity contribution in [1.29, 1.82) is 0 Å². The quantitative estimate of drug-likeness (QED) is 0.280. The van der Waals surface area contributed by atoms with Crippen LogP contribution in [0.3, 0.4) is 0 Å². The Morgan fingerprint density at radius 1 is 1.00 bits per heavy atom. The molecule has 1 N–H and O–H groups in total. The number of hydrogen-bond donors (Lipinski definition) is 1. The molecule has 4 aromatic rings. The molecule has 3 aromatic carbocycles. The van der Waals surface area contributed by atoms with Gasteiger partial charge in [-0.2, -0.15) is 0 Å². The highest BCUT2D eigenvalue weighted by Crippen LogP contribution is 2.35. The fourth-order valence-electron chi connectivity index (χ4n) is 4.68. The number of nitrogens with zero attached hydrogens (tertiary/aromatic N) is 3. The number of amides is 1. The van der Waals surface area contributed by atoms with Crippen molar-refractivity contribution in [2.75, 3.05) is 5.32 Å². The van der Waals surface area contributed by atoms with Crippen LogP contribution in [-0.4, -0.2) is 32.9 Å². The maximum atomic E-state index is 13.4. The standard InChI is InChI=1S/C29H26Cl2N4O/c1-17-9-27-26(28(33-16-32-27)34-23-5-6-23)14-25(17)19-4-2-3-18(10-19)15-35(24-7-8-24)29(36)20-11-21(30)13-22(31)12-20/h2-4,9-14,16,23-24H,5-8,15H2,1H3,(H,32,33,34). The van der Waals surface area contributed by atoms with E-state index in [9.17, 15) is 4.79 Å². The molecule has 0 atom stereocenters. The Hall–Kier alpha value is -3.15. The van der Waals surface area contributed by atoms with Crippen LogP contribution in [0.2, 0.25) is 10.0 Å². The van der Waals surface area contributed by atoms with Gasteiger partial charge in [-0.3, -0.25) is 4.79 Å². The van der Waals surface area contributed by atoms with Crippen molar-refractivity contribution in [3.63, 3.8) is 0 Å². The summed E-state index contributed by atoms with van der Waals surface area (Å²) >= 11 is 12.3. The fourth-order valence-corrected chi connectivity index (χ4v) is 5.21. The maximum Gasteiger partial charge on any atom is 0.254 e. The van der Waals surface area contributed by atoms with E-state index in [1.807, 2.05) is 4.90 Å². The van der Waals surface area contributed by atoms with Gasteiger partial charge < -0.3 is 10.2 Å². The number of benzene rings is 3. The Kier molecular flexibility index (Phi) is 6.06. The van der Waals surface area contributed by atoms with Crippen molar-refractivity contribution < 1.29 is 4.79 Å². The van der Waals surface area contributed by atoms with Gasteiger partial charge in [-0.25, -0.2) is 9.97 Å². The molecule has 0 saturated heterocycles. The average Bonchev–Trinajstić information content (AvgIpc) is 3.77. The number of aromatic nitrogens is 2. The summed E-state index contributed by atoms with van der Waals surface area (Å²) in [6.07, 6.45) is 6.03. The minimum absolute atomic E-state index is 0.0397. The van der Waals surface area contributed by atoms with Gasteiger partial charge in [0, 0.05) is 39.6 Å². The van der Waals surface area contributed by atoms with Gasteiger partial charge in [0.15, 0.2) is 0 Å². The van der Waals surface area contributed by atoms with E-state index in [0.717, 1.165) is 51.8 Å². The molecule has 6 rings (SSSR count). The van der Waals surface area contributed by atoms with Crippen LogP contribution in [0.5, 0.6) is 0 Å².